The maximum atomic E-state index is 12.8. The van der Waals surface area contributed by atoms with Gasteiger partial charge in [-0.3, -0.25) is 25.2 Å². The predicted octanol–water partition coefficient (Wildman–Crippen LogP) is 2.23. The van der Waals surface area contributed by atoms with Gasteiger partial charge in [0.25, 0.3) is 5.91 Å². The Labute approximate surface area is 170 Å². The zero-order chi connectivity index (χ0) is 20.7. The van der Waals surface area contributed by atoms with Gasteiger partial charge in [-0.05, 0) is 43.5 Å². The number of carbonyl (C=O) groups is 1. The van der Waals surface area contributed by atoms with Crippen LogP contribution in [0.2, 0.25) is 0 Å². The number of fused-ring (bicyclic) bond motifs is 2. The first kappa shape index (κ1) is 18.0. The Balaban J connectivity index is 1.46. The van der Waals surface area contributed by atoms with Gasteiger partial charge in [0.2, 0.25) is 0 Å². The minimum atomic E-state index is -0.521. The van der Waals surface area contributed by atoms with E-state index in [2.05, 4.69) is 25.8 Å². The van der Waals surface area contributed by atoms with E-state index in [-0.39, 0.29) is 11.1 Å². The Morgan fingerprint density at radius 1 is 1.13 bits per heavy atom. The summed E-state index contributed by atoms with van der Waals surface area (Å²) >= 11 is 0. The van der Waals surface area contributed by atoms with E-state index in [9.17, 15) is 9.59 Å². The minimum Gasteiger partial charge on any atom is -0.407 e. The Morgan fingerprint density at radius 3 is 2.87 bits per heavy atom. The van der Waals surface area contributed by atoms with Crippen molar-refractivity contribution in [3.63, 3.8) is 0 Å². The quantitative estimate of drug-likeness (QED) is 0.503. The van der Waals surface area contributed by atoms with Gasteiger partial charge in [0, 0.05) is 24.5 Å². The van der Waals surface area contributed by atoms with Gasteiger partial charge in [-0.1, -0.05) is 12.1 Å². The van der Waals surface area contributed by atoms with E-state index in [1.165, 1.54) is 4.57 Å². The molecule has 2 N–H and O–H groups in total. The Hall–Kier alpha value is -4.01. The molecule has 3 heterocycles. The molecular formula is C21H18N6O3. The summed E-state index contributed by atoms with van der Waals surface area (Å²) in [5.74, 6) is 0.101. The van der Waals surface area contributed by atoms with Crippen LogP contribution in [-0.4, -0.2) is 25.4 Å². The van der Waals surface area contributed by atoms with Crippen molar-refractivity contribution in [3.8, 4) is 11.5 Å². The first-order valence-electron chi connectivity index (χ1n) is 9.58. The largest absolute Gasteiger partial charge is 0.419 e. The van der Waals surface area contributed by atoms with Gasteiger partial charge in [-0.15, -0.1) is 0 Å². The van der Waals surface area contributed by atoms with Crippen LogP contribution in [0.5, 0.6) is 0 Å². The zero-order valence-corrected chi connectivity index (χ0v) is 16.2. The average molecular weight is 402 g/mol. The number of nitrogens with one attached hydrogen (secondary N) is 2. The molecule has 0 unspecified atom stereocenters. The molecule has 5 rings (SSSR count). The molecule has 0 saturated heterocycles. The van der Waals surface area contributed by atoms with Gasteiger partial charge in [0.05, 0.1) is 11.1 Å². The first-order valence-corrected chi connectivity index (χ1v) is 9.58. The number of rotatable bonds is 4. The lowest BCUT2D eigenvalue weighted by Gasteiger charge is -2.13. The van der Waals surface area contributed by atoms with Gasteiger partial charge >= 0.3 is 5.76 Å². The summed E-state index contributed by atoms with van der Waals surface area (Å²) in [4.78, 5) is 38.2. The summed E-state index contributed by atoms with van der Waals surface area (Å²) in [7, 11) is 1.59. The van der Waals surface area contributed by atoms with Crippen molar-refractivity contribution < 1.29 is 9.21 Å². The van der Waals surface area contributed by atoms with Gasteiger partial charge in [-0.2, -0.15) is 0 Å². The number of oxazole rings is 1. The molecule has 0 radical (unpaired) electrons. The second kappa shape index (κ2) is 7.11. The Morgan fingerprint density at radius 2 is 2.03 bits per heavy atom. The number of pyridine rings is 1. The minimum absolute atomic E-state index is 0.242. The van der Waals surface area contributed by atoms with E-state index in [0.29, 0.717) is 22.9 Å². The molecule has 9 heteroatoms. The number of hydrogen-bond acceptors (Lipinski definition) is 7. The number of amides is 1. The van der Waals surface area contributed by atoms with Crippen LogP contribution in [0.4, 0.5) is 5.82 Å². The smallest absolute Gasteiger partial charge is 0.407 e. The molecule has 0 aliphatic heterocycles. The number of aromatic nitrogens is 4. The highest BCUT2D eigenvalue weighted by atomic mass is 16.4. The third-order valence-corrected chi connectivity index (χ3v) is 5.19. The van der Waals surface area contributed by atoms with Gasteiger partial charge in [0.15, 0.2) is 17.2 Å². The van der Waals surface area contributed by atoms with Crippen molar-refractivity contribution in [3.05, 3.63) is 70.0 Å². The number of carbonyl (C=O) groups excluding carboxylic acids is 1. The molecule has 0 spiro atoms. The number of benzene rings is 1. The van der Waals surface area contributed by atoms with E-state index in [0.717, 1.165) is 30.5 Å². The topological polar surface area (TPSA) is 115 Å². The van der Waals surface area contributed by atoms with E-state index >= 15 is 0 Å². The maximum absolute atomic E-state index is 12.8. The molecule has 3 aromatic heterocycles. The normalized spacial score (nSPS) is 12.7. The van der Waals surface area contributed by atoms with E-state index in [4.69, 9.17) is 4.42 Å². The predicted molar refractivity (Wildman–Crippen MR) is 110 cm³/mol. The van der Waals surface area contributed by atoms with Gasteiger partial charge in [0.1, 0.15) is 5.69 Å². The maximum Gasteiger partial charge on any atom is 0.419 e. The highest BCUT2D eigenvalue weighted by molar-refractivity contribution is 6.04. The molecular weight excluding hydrogens is 384 g/mol. The molecule has 150 valence electrons. The molecule has 0 bridgehead atoms. The van der Waals surface area contributed by atoms with Gasteiger partial charge in [-0.25, -0.2) is 14.8 Å². The fourth-order valence-corrected chi connectivity index (χ4v) is 3.66. The molecule has 0 fully saturated rings. The molecule has 4 aromatic rings. The van der Waals surface area contributed by atoms with Crippen molar-refractivity contribution in [2.75, 3.05) is 5.43 Å². The molecule has 1 aliphatic carbocycles. The molecule has 1 aliphatic rings. The zero-order valence-electron chi connectivity index (χ0n) is 16.2. The SMILES string of the molecule is Cn1c(=O)oc2c(C(=O)NNc3nc(-c4ccccn4)nc4c3CCC4)cccc21. The number of nitrogens with zero attached hydrogens (tertiary/aromatic N) is 4. The summed E-state index contributed by atoms with van der Waals surface area (Å²) in [6.07, 6.45) is 4.36. The third-order valence-electron chi connectivity index (χ3n) is 5.19. The lowest BCUT2D eigenvalue weighted by atomic mass is 10.2. The van der Waals surface area contributed by atoms with Crippen molar-refractivity contribution in [2.24, 2.45) is 7.05 Å². The van der Waals surface area contributed by atoms with Crippen molar-refractivity contribution >= 4 is 22.8 Å². The number of hydrazine groups is 1. The second-order valence-electron chi connectivity index (χ2n) is 7.05. The first-order chi connectivity index (χ1) is 14.6. The third kappa shape index (κ3) is 3.00. The second-order valence-corrected chi connectivity index (χ2v) is 7.05. The number of aryl methyl sites for hydroxylation is 2. The average Bonchev–Trinajstić information content (AvgIpc) is 3.37. The van der Waals surface area contributed by atoms with Crippen LogP contribution in [0.15, 0.2) is 51.8 Å². The Kier molecular flexibility index (Phi) is 4.27. The number of anilines is 1. The molecule has 9 nitrogen and oxygen atoms in total. The van der Waals surface area contributed by atoms with E-state index in [1.54, 1.807) is 31.4 Å². The van der Waals surface area contributed by atoms with Crippen LogP contribution < -0.4 is 16.6 Å². The van der Waals surface area contributed by atoms with Crippen LogP contribution in [0.3, 0.4) is 0 Å². The summed E-state index contributed by atoms with van der Waals surface area (Å²) in [6, 6.07) is 10.6. The van der Waals surface area contributed by atoms with Crippen LogP contribution in [0.25, 0.3) is 22.6 Å². The monoisotopic (exact) mass is 402 g/mol. The van der Waals surface area contributed by atoms with Crippen LogP contribution >= 0.6 is 0 Å². The fraction of sp³-hybridized carbons (Fsp3) is 0.190. The van der Waals surface area contributed by atoms with E-state index < -0.39 is 11.7 Å². The van der Waals surface area contributed by atoms with Crippen LogP contribution in [0.1, 0.15) is 28.0 Å². The molecule has 1 aromatic carbocycles. The van der Waals surface area contributed by atoms with Crippen molar-refractivity contribution in [2.45, 2.75) is 19.3 Å². The van der Waals surface area contributed by atoms with Crippen molar-refractivity contribution in [1.29, 1.82) is 0 Å². The summed E-state index contributed by atoms with van der Waals surface area (Å²) < 4.78 is 6.60. The lowest BCUT2D eigenvalue weighted by molar-refractivity contribution is 0.0963. The molecule has 0 saturated carbocycles. The number of para-hydroxylation sites is 1. The molecule has 30 heavy (non-hydrogen) atoms. The molecule has 1 amide bonds. The molecule has 0 atom stereocenters. The number of hydrogen-bond donors (Lipinski definition) is 2. The Bertz CT molecular complexity index is 1330. The van der Waals surface area contributed by atoms with Crippen LogP contribution in [0, 0.1) is 0 Å². The summed E-state index contributed by atoms with van der Waals surface area (Å²) in [6.45, 7) is 0. The van der Waals surface area contributed by atoms with E-state index in [1.807, 2.05) is 18.2 Å². The van der Waals surface area contributed by atoms with Crippen LogP contribution in [-0.2, 0) is 19.9 Å². The summed E-state index contributed by atoms with van der Waals surface area (Å²) in [5, 5.41) is 0. The highest BCUT2D eigenvalue weighted by Crippen LogP contribution is 2.28. The lowest BCUT2D eigenvalue weighted by Crippen LogP contribution is -2.30. The van der Waals surface area contributed by atoms with Crippen molar-refractivity contribution in [1.82, 2.24) is 24.9 Å². The fourth-order valence-electron chi connectivity index (χ4n) is 3.66. The van der Waals surface area contributed by atoms with Gasteiger partial charge < -0.3 is 4.42 Å². The summed E-state index contributed by atoms with van der Waals surface area (Å²) in [5.41, 5.74) is 9.26. The highest BCUT2D eigenvalue weighted by Gasteiger charge is 2.22. The standard InChI is InChI=1S/C21H18N6O3/c1-27-16-10-5-7-13(17(16)30-21(27)29)20(28)26-25-18-12-6-4-9-14(12)23-19(24-18)15-8-2-3-11-22-15/h2-3,5,7-8,10-11H,4,6,9H2,1H3,(H,26,28)(H,23,24,25).